The molecule has 5 aromatic rings. The van der Waals surface area contributed by atoms with Crippen molar-refractivity contribution in [3.63, 3.8) is 0 Å². The van der Waals surface area contributed by atoms with Crippen molar-refractivity contribution in [1.82, 2.24) is 0 Å². The number of aryl methyl sites for hydroxylation is 1. The maximum atomic E-state index is 2.34. The van der Waals surface area contributed by atoms with Gasteiger partial charge in [-0.1, -0.05) is 23.1 Å². The van der Waals surface area contributed by atoms with E-state index in [0.29, 0.717) is 0 Å². The average Bonchev–Trinajstić information content (AvgIpc) is 3.49. The van der Waals surface area contributed by atoms with Gasteiger partial charge in [-0.2, -0.15) is 4.57 Å². The van der Waals surface area contributed by atoms with Crippen molar-refractivity contribution < 1.29 is 4.57 Å². The fourth-order valence-electron chi connectivity index (χ4n) is 4.14. The monoisotopic (exact) mass is 463 g/mol. The number of hydrogen-bond donors (Lipinski definition) is 0. The zero-order valence-electron chi connectivity index (χ0n) is 16.8. The zero-order valence-corrected chi connectivity index (χ0v) is 20.1. The van der Waals surface area contributed by atoms with Crippen LogP contribution in [0.4, 0.5) is 5.69 Å². The molecule has 6 rings (SSSR count). The number of thiazole rings is 1. The Labute approximate surface area is 191 Å². The molecule has 0 N–H and O–H groups in total. The molecule has 2 nitrogen and oxygen atoms in total. The van der Waals surface area contributed by atoms with E-state index in [1.165, 1.54) is 56.6 Å². The summed E-state index contributed by atoms with van der Waals surface area (Å²) >= 11 is 7.34. The first-order valence-electron chi connectivity index (χ1n) is 9.71. The SMILES string of the molecule is CC(=Cc1sc2ccc3sccc3c2[n+]1C)C=C1Sc2ccc3sccc3c2N1C. The molecule has 6 heteroatoms. The van der Waals surface area contributed by atoms with Gasteiger partial charge in [0.25, 0.3) is 5.01 Å². The van der Waals surface area contributed by atoms with Gasteiger partial charge in [-0.05, 0) is 65.7 Å². The first kappa shape index (κ1) is 18.6. The van der Waals surface area contributed by atoms with E-state index in [0.717, 1.165) is 0 Å². The number of benzene rings is 2. The van der Waals surface area contributed by atoms with Crippen molar-refractivity contribution in [1.29, 1.82) is 0 Å². The Morgan fingerprint density at radius 3 is 2.47 bits per heavy atom. The van der Waals surface area contributed by atoms with E-state index in [2.05, 4.69) is 89.8 Å². The lowest BCUT2D eigenvalue weighted by atomic mass is 10.2. The fourth-order valence-corrected chi connectivity index (χ4v) is 8.07. The Morgan fingerprint density at radius 1 is 0.933 bits per heavy atom. The summed E-state index contributed by atoms with van der Waals surface area (Å²) in [5.74, 6) is 0. The summed E-state index contributed by atoms with van der Waals surface area (Å²) < 4.78 is 6.39. The molecule has 0 radical (unpaired) electrons. The minimum atomic E-state index is 1.27. The average molecular weight is 464 g/mol. The van der Waals surface area contributed by atoms with Gasteiger partial charge in [-0.15, -0.1) is 22.7 Å². The molecule has 0 saturated carbocycles. The van der Waals surface area contributed by atoms with E-state index in [-0.39, 0.29) is 0 Å². The van der Waals surface area contributed by atoms with Crippen LogP contribution in [-0.2, 0) is 7.05 Å². The molecule has 2 aromatic carbocycles. The lowest BCUT2D eigenvalue weighted by Crippen LogP contribution is -2.29. The van der Waals surface area contributed by atoms with Crippen molar-refractivity contribution in [3.05, 3.63) is 68.8 Å². The third-order valence-corrected chi connectivity index (χ3v) is 9.67. The molecule has 0 saturated heterocycles. The molecule has 1 aliphatic rings. The first-order valence-corrected chi connectivity index (χ1v) is 13.1. The smallest absolute Gasteiger partial charge is 0.262 e. The van der Waals surface area contributed by atoms with Crippen LogP contribution in [0.5, 0.6) is 0 Å². The molecule has 0 fully saturated rings. The second-order valence-corrected chi connectivity index (χ2v) is 11.5. The molecule has 0 bridgehead atoms. The van der Waals surface area contributed by atoms with Crippen LogP contribution >= 0.6 is 45.8 Å². The van der Waals surface area contributed by atoms with Crippen molar-refractivity contribution in [3.8, 4) is 0 Å². The minimum absolute atomic E-state index is 1.27. The molecule has 0 atom stereocenters. The van der Waals surface area contributed by atoms with Gasteiger partial charge in [0.2, 0.25) is 5.52 Å². The number of aromatic nitrogens is 1. The normalized spacial score (nSPS) is 15.9. The summed E-state index contributed by atoms with van der Waals surface area (Å²) in [7, 11) is 4.36. The second kappa shape index (κ2) is 6.95. The predicted molar refractivity (Wildman–Crippen MR) is 136 cm³/mol. The Kier molecular flexibility index (Phi) is 4.32. The van der Waals surface area contributed by atoms with E-state index in [1.807, 2.05) is 45.8 Å². The van der Waals surface area contributed by atoms with Crippen LogP contribution in [0, 0.1) is 0 Å². The van der Waals surface area contributed by atoms with Gasteiger partial charge in [-0.25, -0.2) is 0 Å². The highest BCUT2D eigenvalue weighted by Crippen LogP contribution is 2.49. The highest BCUT2D eigenvalue weighted by Gasteiger charge is 2.25. The molecule has 148 valence electrons. The maximum Gasteiger partial charge on any atom is 0.262 e. The number of allylic oxidation sites excluding steroid dienone is 2. The van der Waals surface area contributed by atoms with E-state index in [4.69, 9.17) is 0 Å². The van der Waals surface area contributed by atoms with Crippen LogP contribution in [0.2, 0.25) is 0 Å². The largest absolute Gasteiger partial charge is 0.338 e. The molecule has 0 spiro atoms. The number of thioether (sulfide) groups is 1. The molecule has 0 amide bonds. The number of fused-ring (bicyclic) bond motifs is 6. The molecule has 0 unspecified atom stereocenters. The standard InChI is InChI=1S/C24H19N2S4/c1-14(12-21-25(2)23-15-8-10-27-17(15)4-6-19(23)29-21)13-22-26(3)24-16-9-11-28-18(16)5-7-20(24)30-22/h4-13H,1-3H3/q+1. The van der Waals surface area contributed by atoms with Crippen LogP contribution in [-0.4, -0.2) is 7.05 Å². The highest BCUT2D eigenvalue weighted by atomic mass is 32.2. The summed E-state index contributed by atoms with van der Waals surface area (Å²) in [5, 5.41) is 9.63. The third kappa shape index (κ3) is 2.78. The predicted octanol–water partition coefficient (Wildman–Crippen LogP) is 7.64. The summed E-state index contributed by atoms with van der Waals surface area (Å²) in [6.45, 7) is 2.20. The molecule has 4 heterocycles. The fraction of sp³-hybridized carbons (Fsp3) is 0.125. The van der Waals surface area contributed by atoms with Gasteiger partial charge in [0.05, 0.1) is 16.1 Å². The van der Waals surface area contributed by atoms with Crippen molar-refractivity contribution >= 4 is 87.9 Å². The van der Waals surface area contributed by atoms with Gasteiger partial charge in [-0.3, -0.25) is 0 Å². The van der Waals surface area contributed by atoms with E-state index in [1.54, 1.807) is 0 Å². The molecule has 3 aromatic heterocycles. The van der Waals surface area contributed by atoms with Gasteiger partial charge in [0, 0.05) is 32.8 Å². The van der Waals surface area contributed by atoms with Crippen LogP contribution in [0.1, 0.15) is 11.9 Å². The van der Waals surface area contributed by atoms with Crippen LogP contribution in [0.25, 0.3) is 36.5 Å². The molecule has 0 aliphatic carbocycles. The zero-order chi connectivity index (χ0) is 20.4. The Hall–Kier alpha value is -2.12. The first-order chi connectivity index (χ1) is 14.6. The minimum Gasteiger partial charge on any atom is -0.338 e. The lowest BCUT2D eigenvalue weighted by molar-refractivity contribution is -0.641. The highest BCUT2D eigenvalue weighted by molar-refractivity contribution is 8.03. The second-order valence-electron chi connectivity index (χ2n) is 7.52. The number of rotatable bonds is 2. The number of thiophene rings is 2. The molecular weight excluding hydrogens is 445 g/mol. The molecule has 30 heavy (non-hydrogen) atoms. The lowest BCUT2D eigenvalue weighted by Gasteiger charge is -2.14. The van der Waals surface area contributed by atoms with Crippen molar-refractivity contribution in [2.45, 2.75) is 11.8 Å². The number of hydrogen-bond acceptors (Lipinski definition) is 5. The Bertz CT molecular complexity index is 1510. The van der Waals surface area contributed by atoms with Crippen LogP contribution in [0.15, 0.2) is 68.7 Å². The van der Waals surface area contributed by atoms with Crippen LogP contribution < -0.4 is 9.47 Å². The van der Waals surface area contributed by atoms with E-state index in [9.17, 15) is 0 Å². The number of nitrogens with zero attached hydrogens (tertiary/aromatic N) is 2. The summed E-state index contributed by atoms with van der Waals surface area (Å²) in [6.07, 6.45) is 4.63. The van der Waals surface area contributed by atoms with Gasteiger partial charge in [0.1, 0.15) is 11.7 Å². The van der Waals surface area contributed by atoms with Gasteiger partial charge in [0.15, 0.2) is 0 Å². The Morgan fingerprint density at radius 2 is 1.63 bits per heavy atom. The number of anilines is 1. The Balaban J connectivity index is 1.40. The summed E-state index contributed by atoms with van der Waals surface area (Å²) in [6, 6.07) is 13.5. The van der Waals surface area contributed by atoms with Gasteiger partial charge >= 0.3 is 0 Å². The quantitative estimate of drug-likeness (QED) is 0.248. The van der Waals surface area contributed by atoms with Crippen molar-refractivity contribution in [2.24, 2.45) is 7.05 Å². The summed E-state index contributed by atoms with van der Waals surface area (Å²) in [5.41, 5.74) is 3.94. The maximum absolute atomic E-state index is 2.34. The summed E-state index contributed by atoms with van der Waals surface area (Å²) in [4.78, 5) is 3.68. The van der Waals surface area contributed by atoms with Crippen molar-refractivity contribution in [2.75, 3.05) is 11.9 Å². The topological polar surface area (TPSA) is 7.12 Å². The van der Waals surface area contributed by atoms with Gasteiger partial charge < -0.3 is 4.90 Å². The van der Waals surface area contributed by atoms with E-state index >= 15 is 0 Å². The molecule has 1 aliphatic heterocycles. The van der Waals surface area contributed by atoms with E-state index < -0.39 is 0 Å². The molecular formula is C24H19N2S4+. The third-order valence-electron chi connectivity index (χ3n) is 5.60. The van der Waals surface area contributed by atoms with Crippen LogP contribution in [0.3, 0.4) is 0 Å².